The van der Waals surface area contributed by atoms with Crippen LogP contribution in [0.2, 0.25) is 0 Å². The van der Waals surface area contributed by atoms with Crippen LogP contribution in [0.4, 0.5) is 0 Å². The first-order chi connectivity index (χ1) is 18.9. The molecule has 0 unspecified atom stereocenters. The lowest BCUT2D eigenvalue weighted by molar-refractivity contribution is -0.167. The summed E-state index contributed by atoms with van der Waals surface area (Å²) in [6, 6.07) is 0. The predicted octanol–water partition coefficient (Wildman–Crippen LogP) is 9.26. The van der Waals surface area contributed by atoms with E-state index < -0.39 is 6.10 Å². The second-order valence-electron chi connectivity index (χ2n) is 11.6. The fourth-order valence-corrected chi connectivity index (χ4v) is 4.51. The zero-order chi connectivity index (χ0) is 29.0. The number of carbonyl (C=O) groups is 3. The molecule has 39 heavy (non-hydrogen) atoms. The summed E-state index contributed by atoms with van der Waals surface area (Å²) in [5.41, 5.74) is 0. The van der Waals surface area contributed by atoms with Gasteiger partial charge in [0, 0.05) is 19.3 Å². The first-order valence-corrected chi connectivity index (χ1v) is 16.4. The van der Waals surface area contributed by atoms with Crippen LogP contribution < -0.4 is 0 Å². The molecule has 0 heterocycles. The largest absolute Gasteiger partial charge is 0.462 e. The molecule has 0 aliphatic heterocycles. The Kier molecular flexibility index (Phi) is 26.8. The molecule has 0 radical (unpaired) electrons. The van der Waals surface area contributed by atoms with Crippen molar-refractivity contribution in [3.8, 4) is 0 Å². The molecule has 6 nitrogen and oxygen atoms in total. The van der Waals surface area contributed by atoms with Gasteiger partial charge in [-0.05, 0) is 25.2 Å². The van der Waals surface area contributed by atoms with Gasteiger partial charge in [0.25, 0.3) is 0 Å². The number of carbonyl (C=O) groups excluding carboxylic acids is 3. The van der Waals surface area contributed by atoms with Crippen molar-refractivity contribution in [3.05, 3.63) is 0 Å². The average molecular weight is 555 g/mol. The van der Waals surface area contributed by atoms with Gasteiger partial charge < -0.3 is 14.2 Å². The quantitative estimate of drug-likeness (QED) is 0.0545. The third-order valence-electron chi connectivity index (χ3n) is 7.04. The Morgan fingerprint density at radius 1 is 0.487 bits per heavy atom. The number of hydrogen-bond donors (Lipinski definition) is 0. The fraction of sp³-hybridized carbons (Fsp3) is 0.909. The minimum absolute atomic E-state index is 0.0687. The van der Waals surface area contributed by atoms with Crippen molar-refractivity contribution >= 4 is 17.9 Å². The smallest absolute Gasteiger partial charge is 0.306 e. The molecule has 0 amide bonds. The molecule has 0 aliphatic carbocycles. The van der Waals surface area contributed by atoms with E-state index in [1.54, 1.807) is 0 Å². The molecule has 0 spiro atoms. The van der Waals surface area contributed by atoms with Gasteiger partial charge in [-0.1, -0.05) is 130 Å². The second kappa shape index (κ2) is 28.0. The summed E-state index contributed by atoms with van der Waals surface area (Å²) in [4.78, 5) is 36.8. The van der Waals surface area contributed by atoms with Gasteiger partial charge in [0.15, 0.2) is 6.10 Å². The van der Waals surface area contributed by atoms with Crippen molar-refractivity contribution in [2.75, 3.05) is 13.2 Å². The van der Waals surface area contributed by atoms with Crippen LogP contribution in [-0.2, 0) is 28.6 Å². The number of hydrogen-bond acceptors (Lipinski definition) is 6. The van der Waals surface area contributed by atoms with Gasteiger partial charge in [-0.15, -0.1) is 0 Å². The summed E-state index contributed by atoms with van der Waals surface area (Å²) >= 11 is 0. The topological polar surface area (TPSA) is 78.9 Å². The molecular formula is C33H62O6. The molecule has 6 heteroatoms. The molecule has 0 aromatic rings. The van der Waals surface area contributed by atoms with Crippen LogP contribution in [0.15, 0.2) is 0 Å². The van der Waals surface area contributed by atoms with Gasteiger partial charge in [-0.25, -0.2) is 0 Å². The number of ether oxygens (including phenoxy) is 3. The maximum atomic E-state index is 12.4. The maximum Gasteiger partial charge on any atom is 0.306 e. The molecule has 0 N–H and O–H groups in total. The summed E-state index contributed by atoms with van der Waals surface area (Å²) in [5, 5.41) is 0. The summed E-state index contributed by atoms with van der Waals surface area (Å²) in [7, 11) is 0. The lowest BCUT2D eigenvalue weighted by Gasteiger charge is -2.18. The van der Waals surface area contributed by atoms with E-state index in [-0.39, 0.29) is 31.1 Å². The zero-order valence-corrected chi connectivity index (χ0v) is 26.1. The van der Waals surface area contributed by atoms with E-state index in [1.807, 2.05) is 0 Å². The van der Waals surface area contributed by atoms with Crippen LogP contribution in [0.1, 0.15) is 169 Å². The number of esters is 3. The van der Waals surface area contributed by atoms with Gasteiger partial charge in [-0.3, -0.25) is 14.4 Å². The Morgan fingerprint density at radius 2 is 0.846 bits per heavy atom. The van der Waals surface area contributed by atoms with E-state index in [0.717, 1.165) is 70.1 Å². The first-order valence-electron chi connectivity index (χ1n) is 16.4. The molecule has 0 bridgehead atoms. The van der Waals surface area contributed by atoms with Crippen molar-refractivity contribution in [1.82, 2.24) is 0 Å². The van der Waals surface area contributed by atoms with Gasteiger partial charge in [-0.2, -0.15) is 0 Å². The van der Waals surface area contributed by atoms with Crippen molar-refractivity contribution < 1.29 is 28.6 Å². The van der Waals surface area contributed by atoms with E-state index in [0.29, 0.717) is 19.3 Å². The van der Waals surface area contributed by atoms with Crippen molar-refractivity contribution in [1.29, 1.82) is 0 Å². The molecule has 0 aromatic carbocycles. The van der Waals surface area contributed by atoms with Crippen molar-refractivity contribution in [3.63, 3.8) is 0 Å². The van der Waals surface area contributed by atoms with Crippen molar-refractivity contribution in [2.24, 2.45) is 5.92 Å². The number of unbranched alkanes of at least 4 members (excludes halogenated alkanes) is 15. The predicted molar refractivity (Wildman–Crippen MR) is 160 cm³/mol. The third kappa shape index (κ3) is 27.8. The highest BCUT2D eigenvalue weighted by Gasteiger charge is 2.19. The Balaban J connectivity index is 4.35. The van der Waals surface area contributed by atoms with Crippen molar-refractivity contribution in [2.45, 2.75) is 175 Å². The van der Waals surface area contributed by atoms with Crippen LogP contribution in [0.3, 0.4) is 0 Å². The minimum Gasteiger partial charge on any atom is -0.462 e. The molecule has 0 rings (SSSR count). The Bertz CT molecular complexity index is 589. The van der Waals surface area contributed by atoms with Gasteiger partial charge >= 0.3 is 17.9 Å². The third-order valence-corrected chi connectivity index (χ3v) is 7.04. The normalized spacial score (nSPS) is 11.9. The fourth-order valence-electron chi connectivity index (χ4n) is 4.51. The van der Waals surface area contributed by atoms with E-state index in [2.05, 4.69) is 27.7 Å². The van der Waals surface area contributed by atoms with Crippen LogP contribution in [-0.4, -0.2) is 37.2 Å². The van der Waals surface area contributed by atoms with Gasteiger partial charge in [0.2, 0.25) is 0 Å². The monoisotopic (exact) mass is 554 g/mol. The highest BCUT2D eigenvalue weighted by atomic mass is 16.6. The summed E-state index contributed by atoms with van der Waals surface area (Å²) in [6.45, 7) is 8.73. The molecule has 0 saturated heterocycles. The molecule has 0 aromatic heterocycles. The lowest BCUT2D eigenvalue weighted by atomic mass is 10.0. The SMILES string of the molecule is CCCCCCCCCC(=O)OC[C@H](COC(=O)CCCCCCC)OC(=O)CCCCCCCCC(C)C. The highest BCUT2D eigenvalue weighted by Crippen LogP contribution is 2.13. The highest BCUT2D eigenvalue weighted by molar-refractivity contribution is 5.71. The summed E-state index contributed by atoms with van der Waals surface area (Å²) < 4.78 is 16.3. The average Bonchev–Trinajstić information content (AvgIpc) is 2.90. The molecule has 0 aliphatic rings. The van der Waals surface area contributed by atoms with Gasteiger partial charge in [0.1, 0.15) is 13.2 Å². The molecule has 0 saturated carbocycles. The second-order valence-corrected chi connectivity index (χ2v) is 11.6. The Hall–Kier alpha value is -1.59. The van der Waals surface area contributed by atoms with Crippen LogP contribution >= 0.6 is 0 Å². The van der Waals surface area contributed by atoms with Crippen LogP contribution in [0, 0.1) is 5.92 Å². The molecule has 1 atom stereocenters. The maximum absolute atomic E-state index is 12.4. The standard InChI is InChI=1S/C33H62O6/c1-5-7-9-11-12-17-21-25-32(35)38-28-30(27-37-31(34)24-20-15-10-8-6-2)39-33(36)26-22-18-14-13-16-19-23-29(3)4/h29-30H,5-28H2,1-4H3/t30-/m0/s1. The van der Waals surface area contributed by atoms with Gasteiger partial charge in [0.05, 0.1) is 0 Å². The van der Waals surface area contributed by atoms with E-state index >= 15 is 0 Å². The number of rotatable bonds is 28. The summed E-state index contributed by atoms with van der Waals surface area (Å²) in [6.07, 6.45) is 21.4. The van der Waals surface area contributed by atoms with Crippen LogP contribution in [0.25, 0.3) is 0 Å². The Labute approximate surface area is 240 Å². The molecule has 0 fully saturated rings. The Morgan fingerprint density at radius 3 is 1.26 bits per heavy atom. The lowest BCUT2D eigenvalue weighted by Crippen LogP contribution is -2.30. The molecular weight excluding hydrogens is 492 g/mol. The first kappa shape index (κ1) is 37.4. The van der Waals surface area contributed by atoms with E-state index in [4.69, 9.17) is 14.2 Å². The van der Waals surface area contributed by atoms with E-state index in [9.17, 15) is 14.4 Å². The molecule has 230 valence electrons. The summed E-state index contributed by atoms with van der Waals surface area (Å²) in [5.74, 6) is -0.139. The zero-order valence-electron chi connectivity index (χ0n) is 26.1. The minimum atomic E-state index is -0.754. The van der Waals surface area contributed by atoms with Crippen LogP contribution in [0.5, 0.6) is 0 Å². The van der Waals surface area contributed by atoms with E-state index in [1.165, 1.54) is 57.8 Å².